The monoisotopic (exact) mass is 305 g/mol. The summed E-state index contributed by atoms with van der Waals surface area (Å²) in [4.78, 5) is 25.5. The molecule has 0 atom stereocenters. The van der Waals surface area contributed by atoms with Crippen LogP contribution in [0.25, 0.3) is 0 Å². The van der Waals surface area contributed by atoms with Crippen LogP contribution in [0.5, 0.6) is 0 Å². The van der Waals surface area contributed by atoms with Crippen molar-refractivity contribution in [3.8, 4) is 0 Å². The van der Waals surface area contributed by atoms with Crippen LogP contribution in [-0.2, 0) is 16.1 Å². The molecule has 4 nitrogen and oxygen atoms in total. The molecule has 0 bridgehead atoms. The van der Waals surface area contributed by atoms with E-state index in [0.29, 0.717) is 12.8 Å². The number of hydrogen-bond acceptors (Lipinski definition) is 3. The van der Waals surface area contributed by atoms with Crippen molar-refractivity contribution >= 4 is 11.9 Å². The molecule has 1 aromatic rings. The SMILES string of the molecule is CC(C)C(=O)CCC(C)(C)N(C)C(=O)OCc1ccccc1. The van der Waals surface area contributed by atoms with Crippen LogP contribution in [0.2, 0.25) is 0 Å². The molecule has 0 radical (unpaired) electrons. The largest absolute Gasteiger partial charge is 0.445 e. The third-order valence-electron chi connectivity index (χ3n) is 4.01. The van der Waals surface area contributed by atoms with E-state index in [4.69, 9.17) is 4.74 Å². The number of amides is 1. The number of rotatable bonds is 7. The van der Waals surface area contributed by atoms with Crippen molar-refractivity contribution in [2.75, 3.05) is 7.05 Å². The molecule has 0 heterocycles. The Morgan fingerprint density at radius 3 is 2.32 bits per heavy atom. The van der Waals surface area contributed by atoms with Crippen LogP contribution in [-0.4, -0.2) is 29.4 Å². The van der Waals surface area contributed by atoms with Crippen LogP contribution in [0.1, 0.15) is 46.1 Å². The quantitative estimate of drug-likeness (QED) is 0.764. The lowest BCUT2D eigenvalue weighted by Gasteiger charge is -2.35. The van der Waals surface area contributed by atoms with E-state index in [-0.39, 0.29) is 24.4 Å². The molecule has 0 saturated carbocycles. The van der Waals surface area contributed by atoms with Crippen LogP contribution in [0, 0.1) is 5.92 Å². The van der Waals surface area contributed by atoms with Crippen molar-refractivity contribution in [3.63, 3.8) is 0 Å². The van der Waals surface area contributed by atoms with Gasteiger partial charge in [0.05, 0.1) is 0 Å². The predicted molar refractivity (Wildman–Crippen MR) is 87.5 cm³/mol. The van der Waals surface area contributed by atoms with E-state index in [9.17, 15) is 9.59 Å². The van der Waals surface area contributed by atoms with Crippen molar-refractivity contribution in [2.45, 2.75) is 52.7 Å². The maximum absolute atomic E-state index is 12.2. The molecule has 1 rings (SSSR count). The highest BCUT2D eigenvalue weighted by atomic mass is 16.6. The summed E-state index contributed by atoms with van der Waals surface area (Å²) in [5.41, 5.74) is 0.537. The summed E-state index contributed by atoms with van der Waals surface area (Å²) in [6.07, 6.45) is 0.730. The lowest BCUT2D eigenvalue weighted by molar-refractivity contribution is -0.122. The zero-order valence-electron chi connectivity index (χ0n) is 14.3. The Morgan fingerprint density at radius 1 is 1.18 bits per heavy atom. The van der Waals surface area contributed by atoms with Gasteiger partial charge in [-0.25, -0.2) is 4.79 Å². The Labute approximate surface area is 133 Å². The van der Waals surface area contributed by atoms with E-state index in [2.05, 4.69) is 0 Å². The lowest BCUT2D eigenvalue weighted by Crippen LogP contribution is -2.45. The maximum atomic E-state index is 12.2. The van der Waals surface area contributed by atoms with Gasteiger partial charge >= 0.3 is 6.09 Å². The highest BCUT2D eigenvalue weighted by Gasteiger charge is 2.29. The van der Waals surface area contributed by atoms with Gasteiger partial charge in [0.25, 0.3) is 0 Å². The average Bonchev–Trinajstić information content (AvgIpc) is 2.50. The highest BCUT2D eigenvalue weighted by molar-refractivity contribution is 5.80. The fourth-order valence-corrected chi connectivity index (χ4v) is 1.95. The third-order valence-corrected chi connectivity index (χ3v) is 4.01. The first kappa shape index (κ1) is 18.2. The Kier molecular flexibility index (Phi) is 6.60. The van der Waals surface area contributed by atoms with Gasteiger partial charge in [-0.3, -0.25) is 4.79 Å². The van der Waals surface area contributed by atoms with Crippen molar-refractivity contribution < 1.29 is 14.3 Å². The number of ether oxygens (including phenoxy) is 1. The van der Waals surface area contributed by atoms with Crippen LogP contribution >= 0.6 is 0 Å². The van der Waals surface area contributed by atoms with E-state index in [1.807, 2.05) is 58.0 Å². The molecule has 122 valence electrons. The number of nitrogens with zero attached hydrogens (tertiary/aromatic N) is 1. The molecule has 0 spiro atoms. The summed E-state index contributed by atoms with van der Waals surface area (Å²) in [6.45, 7) is 7.94. The second-order valence-corrected chi connectivity index (χ2v) is 6.53. The fourth-order valence-electron chi connectivity index (χ4n) is 1.95. The smallest absolute Gasteiger partial charge is 0.410 e. The standard InChI is InChI=1S/C18H27NO3/c1-14(2)16(20)11-12-18(3,4)19(5)17(21)22-13-15-9-7-6-8-10-15/h6-10,14H,11-13H2,1-5H3. The summed E-state index contributed by atoms with van der Waals surface area (Å²) >= 11 is 0. The van der Waals surface area contributed by atoms with Crippen molar-refractivity contribution in [1.82, 2.24) is 4.90 Å². The van der Waals surface area contributed by atoms with Gasteiger partial charge in [0.1, 0.15) is 12.4 Å². The maximum Gasteiger partial charge on any atom is 0.410 e. The summed E-state index contributed by atoms with van der Waals surface area (Å²) in [5, 5.41) is 0. The Hall–Kier alpha value is -1.84. The number of benzene rings is 1. The first-order valence-corrected chi connectivity index (χ1v) is 7.71. The molecule has 0 unspecified atom stereocenters. The number of Topliss-reactive ketones (excluding diaryl/α,β-unsaturated/α-hetero) is 1. The number of hydrogen-bond donors (Lipinski definition) is 0. The first-order valence-electron chi connectivity index (χ1n) is 7.71. The van der Waals surface area contributed by atoms with Gasteiger partial charge in [0.15, 0.2) is 0 Å². The molecule has 0 aromatic heterocycles. The van der Waals surface area contributed by atoms with Gasteiger partial charge in [-0.2, -0.15) is 0 Å². The normalized spacial score (nSPS) is 11.4. The van der Waals surface area contributed by atoms with Gasteiger partial charge in [0.2, 0.25) is 0 Å². The van der Waals surface area contributed by atoms with Gasteiger partial charge in [0, 0.05) is 24.9 Å². The minimum absolute atomic E-state index is 0.0335. The van der Waals surface area contributed by atoms with Crippen molar-refractivity contribution in [1.29, 1.82) is 0 Å². The minimum atomic E-state index is -0.418. The van der Waals surface area contributed by atoms with E-state index in [0.717, 1.165) is 5.56 Å². The number of carbonyl (C=O) groups excluding carboxylic acids is 2. The Morgan fingerprint density at radius 2 is 1.77 bits per heavy atom. The number of carbonyl (C=O) groups is 2. The number of ketones is 1. The zero-order valence-corrected chi connectivity index (χ0v) is 14.3. The third kappa shape index (κ3) is 5.51. The molecule has 0 aliphatic heterocycles. The van der Waals surface area contributed by atoms with Gasteiger partial charge in [-0.05, 0) is 25.8 Å². The van der Waals surface area contributed by atoms with E-state index >= 15 is 0 Å². The summed E-state index contributed by atoms with van der Waals surface area (Å²) in [7, 11) is 1.72. The molecular formula is C18H27NO3. The summed E-state index contributed by atoms with van der Waals surface area (Å²) in [5.74, 6) is 0.255. The summed E-state index contributed by atoms with van der Waals surface area (Å²) < 4.78 is 5.33. The van der Waals surface area contributed by atoms with Crippen molar-refractivity contribution in [2.24, 2.45) is 5.92 Å². The zero-order chi connectivity index (χ0) is 16.8. The molecule has 0 N–H and O–H groups in total. The molecule has 0 aliphatic rings. The molecule has 22 heavy (non-hydrogen) atoms. The lowest BCUT2D eigenvalue weighted by atomic mass is 9.93. The molecular weight excluding hydrogens is 278 g/mol. The Bertz CT molecular complexity index is 494. The molecule has 0 fully saturated rings. The minimum Gasteiger partial charge on any atom is -0.445 e. The highest BCUT2D eigenvalue weighted by Crippen LogP contribution is 2.21. The fraction of sp³-hybridized carbons (Fsp3) is 0.556. The Balaban J connectivity index is 2.51. The van der Waals surface area contributed by atoms with Crippen LogP contribution in [0.15, 0.2) is 30.3 Å². The van der Waals surface area contributed by atoms with E-state index < -0.39 is 5.54 Å². The summed E-state index contributed by atoms with van der Waals surface area (Å²) in [6, 6.07) is 9.58. The second kappa shape index (κ2) is 7.97. The van der Waals surface area contributed by atoms with Crippen LogP contribution < -0.4 is 0 Å². The second-order valence-electron chi connectivity index (χ2n) is 6.53. The predicted octanol–water partition coefficient (Wildman–Crippen LogP) is 4.04. The molecule has 4 heteroatoms. The van der Waals surface area contributed by atoms with Crippen LogP contribution in [0.4, 0.5) is 4.79 Å². The van der Waals surface area contributed by atoms with Gasteiger partial charge in [-0.15, -0.1) is 0 Å². The van der Waals surface area contributed by atoms with Gasteiger partial charge in [-0.1, -0.05) is 44.2 Å². The topological polar surface area (TPSA) is 46.6 Å². The van der Waals surface area contributed by atoms with Crippen molar-refractivity contribution in [3.05, 3.63) is 35.9 Å². The van der Waals surface area contributed by atoms with Gasteiger partial charge < -0.3 is 9.64 Å². The first-order chi connectivity index (χ1) is 10.2. The molecule has 0 aliphatic carbocycles. The average molecular weight is 305 g/mol. The molecule has 1 amide bonds. The van der Waals surface area contributed by atoms with E-state index in [1.165, 1.54) is 0 Å². The molecule has 1 aromatic carbocycles. The molecule has 0 saturated heterocycles. The van der Waals surface area contributed by atoms with E-state index in [1.54, 1.807) is 11.9 Å². The van der Waals surface area contributed by atoms with Crippen LogP contribution in [0.3, 0.4) is 0 Å².